The summed E-state index contributed by atoms with van der Waals surface area (Å²) < 4.78 is 10.6. The molecule has 3 N–H and O–H groups in total. The molecule has 3 aromatic rings. The predicted molar refractivity (Wildman–Crippen MR) is 95.7 cm³/mol. The van der Waals surface area contributed by atoms with Gasteiger partial charge in [0.15, 0.2) is 0 Å². The number of nitrogens with one attached hydrogen (secondary N) is 2. The van der Waals surface area contributed by atoms with E-state index in [2.05, 4.69) is 10.2 Å². The number of aromatic amines is 2. The van der Waals surface area contributed by atoms with Crippen molar-refractivity contribution in [1.29, 1.82) is 0 Å². The number of carboxylic acids is 1. The zero-order valence-corrected chi connectivity index (χ0v) is 14.7. The highest BCUT2D eigenvalue weighted by molar-refractivity contribution is 5.88. The van der Waals surface area contributed by atoms with Crippen molar-refractivity contribution in [3.63, 3.8) is 0 Å². The molecule has 8 nitrogen and oxygen atoms in total. The minimum absolute atomic E-state index is 0.0524. The van der Waals surface area contributed by atoms with Gasteiger partial charge in [-0.05, 0) is 31.2 Å². The van der Waals surface area contributed by atoms with E-state index in [1.165, 1.54) is 19.2 Å². The highest BCUT2D eigenvalue weighted by Crippen LogP contribution is 2.32. The number of rotatable bonds is 6. The van der Waals surface area contributed by atoms with Gasteiger partial charge in [-0.1, -0.05) is 12.1 Å². The Morgan fingerprint density at radius 3 is 2.41 bits per heavy atom. The molecule has 0 aliphatic rings. The molecule has 0 spiro atoms. The molecule has 8 heteroatoms. The lowest BCUT2D eigenvalue weighted by atomic mass is 9.93. The van der Waals surface area contributed by atoms with Crippen LogP contribution in [-0.2, 0) is 9.53 Å². The van der Waals surface area contributed by atoms with E-state index in [4.69, 9.17) is 14.3 Å². The number of furan rings is 1. The Kier molecular flexibility index (Phi) is 4.98. The van der Waals surface area contributed by atoms with Crippen LogP contribution in [0.3, 0.4) is 0 Å². The number of aromatic nitrogens is 2. The number of aromatic carboxylic acids is 1. The van der Waals surface area contributed by atoms with Crippen LogP contribution in [0.2, 0.25) is 0 Å². The van der Waals surface area contributed by atoms with Gasteiger partial charge in [-0.15, -0.1) is 0 Å². The molecule has 140 valence electrons. The number of hydrogen-bond donors (Lipinski definition) is 3. The average Bonchev–Trinajstić information content (AvgIpc) is 3.27. The van der Waals surface area contributed by atoms with Crippen LogP contribution in [0, 0.1) is 6.92 Å². The Morgan fingerprint density at radius 2 is 1.85 bits per heavy atom. The number of carbonyl (C=O) groups is 2. The van der Waals surface area contributed by atoms with Crippen molar-refractivity contribution < 1.29 is 23.8 Å². The van der Waals surface area contributed by atoms with E-state index < -0.39 is 17.9 Å². The summed E-state index contributed by atoms with van der Waals surface area (Å²) in [5, 5.41) is 14.2. The molecule has 1 aromatic carbocycles. The molecule has 27 heavy (non-hydrogen) atoms. The largest absolute Gasteiger partial charge is 0.478 e. The Hall–Kier alpha value is -3.55. The highest BCUT2D eigenvalue weighted by Gasteiger charge is 2.27. The fourth-order valence-corrected chi connectivity index (χ4v) is 2.94. The van der Waals surface area contributed by atoms with Crippen molar-refractivity contribution in [2.24, 2.45) is 0 Å². The number of esters is 1. The highest BCUT2D eigenvalue weighted by atomic mass is 16.5. The van der Waals surface area contributed by atoms with Gasteiger partial charge in [-0.2, -0.15) is 0 Å². The Morgan fingerprint density at radius 1 is 1.15 bits per heavy atom. The molecular weight excluding hydrogens is 352 g/mol. The Labute approximate surface area is 153 Å². The van der Waals surface area contributed by atoms with Crippen LogP contribution in [0.4, 0.5) is 0 Å². The molecule has 0 saturated carbocycles. The van der Waals surface area contributed by atoms with Gasteiger partial charge >= 0.3 is 11.9 Å². The van der Waals surface area contributed by atoms with Crippen molar-refractivity contribution in [1.82, 2.24) is 10.2 Å². The molecular formula is C19H18N2O6. The minimum atomic E-state index is -1.01. The van der Waals surface area contributed by atoms with Gasteiger partial charge in [0, 0.05) is 11.3 Å². The van der Waals surface area contributed by atoms with Crippen molar-refractivity contribution in [2.45, 2.75) is 19.3 Å². The lowest BCUT2D eigenvalue weighted by Gasteiger charge is -2.12. The zero-order valence-electron chi connectivity index (χ0n) is 14.7. The first kappa shape index (κ1) is 18.2. The normalized spacial score (nSPS) is 11.9. The van der Waals surface area contributed by atoms with Gasteiger partial charge in [0.05, 0.1) is 30.6 Å². The van der Waals surface area contributed by atoms with Crippen molar-refractivity contribution >= 4 is 11.9 Å². The Balaban J connectivity index is 1.98. The molecule has 2 aromatic heterocycles. The lowest BCUT2D eigenvalue weighted by Crippen LogP contribution is -2.16. The maximum atomic E-state index is 12.2. The zero-order chi connectivity index (χ0) is 19.6. The first-order valence-electron chi connectivity index (χ1n) is 8.18. The fraction of sp³-hybridized carbons (Fsp3) is 0.211. The van der Waals surface area contributed by atoms with Crippen LogP contribution >= 0.6 is 0 Å². The molecule has 0 bridgehead atoms. The van der Waals surface area contributed by atoms with Gasteiger partial charge in [0.2, 0.25) is 0 Å². The van der Waals surface area contributed by atoms with E-state index in [9.17, 15) is 14.4 Å². The third-order valence-electron chi connectivity index (χ3n) is 4.35. The maximum absolute atomic E-state index is 12.2. The summed E-state index contributed by atoms with van der Waals surface area (Å²) in [4.78, 5) is 35.0. The van der Waals surface area contributed by atoms with Gasteiger partial charge < -0.3 is 19.4 Å². The molecule has 0 aliphatic heterocycles. The number of carbonyl (C=O) groups excluding carboxylic acids is 1. The standard InChI is InChI=1S/C19H18N2O6/c1-10-17(18(23)21-20-10)13(9-16(22)26-2)15-8-7-14(27-15)11-3-5-12(6-4-11)19(24)25/h3-8,13H,9H2,1-2H3,(H,24,25)(H2,20,21,23)/t13-/m1/s1. The third kappa shape index (κ3) is 3.69. The van der Waals surface area contributed by atoms with Crippen LogP contribution in [0.1, 0.15) is 39.7 Å². The molecule has 0 aliphatic carbocycles. The van der Waals surface area contributed by atoms with E-state index >= 15 is 0 Å². The second-order valence-corrected chi connectivity index (χ2v) is 6.04. The fourth-order valence-electron chi connectivity index (χ4n) is 2.94. The second kappa shape index (κ2) is 7.36. The van der Waals surface area contributed by atoms with Gasteiger partial charge in [0.1, 0.15) is 11.5 Å². The molecule has 0 amide bonds. The number of aryl methyl sites for hydroxylation is 1. The second-order valence-electron chi connectivity index (χ2n) is 6.04. The summed E-state index contributed by atoms with van der Waals surface area (Å²) in [6.07, 6.45) is -0.0524. The third-order valence-corrected chi connectivity index (χ3v) is 4.35. The summed E-state index contributed by atoms with van der Waals surface area (Å²) in [6.45, 7) is 1.73. The summed E-state index contributed by atoms with van der Waals surface area (Å²) in [7, 11) is 1.28. The smallest absolute Gasteiger partial charge is 0.335 e. The number of benzene rings is 1. The van der Waals surface area contributed by atoms with E-state index in [1.807, 2.05) is 0 Å². The van der Waals surface area contributed by atoms with Crippen molar-refractivity contribution in [2.75, 3.05) is 7.11 Å². The van der Waals surface area contributed by atoms with E-state index in [0.29, 0.717) is 28.3 Å². The predicted octanol–water partition coefficient (Wildman–Crippen LogP) is 2.66. The number of ether oxygens (including phenoxy) is 1. The molecule has 0 radical (unpaired) electrons. The van der Waals surface area contributed by atoms with Crippen LogP contribution in [-0.4, -0.2) is 34.4 Å². The van der Waals surface area contributed by atoms with Crippen LogP contribution in [0.15, 0.2) is 45.6 Å². The summed E-state index contributed by atoms with van der Waals surface area (Å²) in [5.74, 6) is -1.16. The molecule has 2 heterocycles. The molecule has 0 unspecified atom stereocenters. The van der Waals surface area contributed by atoms with Gasteiger partial charge in [0.25, 0.3) is 5.56 Å². The average molecular weight is 370 g/mol. The monoisotopic (exact) mass is 370 g/mol. The quantitative estimate of drug-likeness (QED) is 0.573. The van der Waals surface area contributed by atoms with Crippen molar-refractivity contribution in [3.05, 3.63) is 69.3 Å². The number of methoxy groups -OCH3 is 1. The van der Waals surface area contributed by atoms with Crippen LogP contribution < -0.4 is 5.56 Å². The SMILES string of the molecule is COC(=O)C[C@H](c1ccc(-c2ccc(C(=O)O)cc2)o1)c1c(C)[nH][nH]c1=O. The van der Waals surface area contributed by atoms with Gasteiger partial charge in [-0.3, -0.25) is 14.7 Å². The van der Waals surface area contributed by atoms with Crippen LogP contribution in [0.5, 0.6) is 0 Å². The van der Waals surface area contributed by atoms with E-state index in [0.717, 1.165) is 0 Å². The lowest BCUT2D eigenvalue weighted by molar-refractivity contribution is -0.140. The van der Waals surface area contributed by atoms with Crippen LogP contribution in [0.25, 0.3) is 11.3 Å². The molecule has 1 atom stereocenters. The molecule has 0 fully saturated rings. The summed E-state index contributed by atoms with van der Waals surface area (Å²) in [5.41, 5.74) is 1.54. The number of H-pyrrole nitrogens is 2. The summed E-state index contributed by atoms with van der Waals surface area (Å²) >= 11 is 0. The Bertz CT molecular complexity index is 1030. The molecule has 0 saturated heterocycles. The first-order valence-corrected chi connectivity index (χ1v) is 8.18. The van der Waals surface area contributed by atoms with E-state index in [-0.39, 0.29) is 17.5 Å². The summed E-state index contributed by atoms with van der Waals surface area (Å²) in [6, 6.07) is 9.64. The first-order chi connectivity index (χ1) is 12.9. The molecule has 3 rings (SSSR count). The van der Waals surface area contributed by atoms with Crippen molar-refractivity contribution in [3.8, 4) is 11.3 Å². The minimum Gasteiger partial charge on any atom is -0.478 e. The number of hydrogen-bond acceptors (Lipinski definition) is 5. The van der Waals surface area contributed by atoms with Gasteiger partial charge in [-0.25, -0.2) is 4.79 Å². The maximum Gasteiger partial charge on any atom is 0.335 e. The van der Waals surface area contributed by atoms with E-state index in [1.54, 1.807) is 31.2 Å². The topological polar surface area (TPSA) is 125 Å². The number of carboxylic acid groups (broad SMARTS) is 1.